The van der Waals surface area contributed by atoms with Gasteiger partial charge < -0.3 is 5.32 Å². The molecule has 0 saturated carbocycles. The van der Waals surface area contributed by atoms with Crippen LogP contribution < -0.4 is 5.32 Å². The first kappa shape index (κ1) is 15.6. The number of benzene rings is 2. The van der Waals surface area contributed by atoms with Gasteiger partial charge in [-0.1, -0.05) is 55.5 Å². The van der Waals surface area contributed by atoms with Gasteiger partial charge in [0.1, 0.15) is 0 Å². The van der Waals surface area contributed by atoms with Gasteiger partial charge in [0.25, 0.3) is 0 Å². The summed E-state index contributed by atoms with van der Waals surface area (Å²) in [6.45, 7) is 1.93. The lowest BCUT2D eigenvalue weighted by atomic mass is 9.86. The molecule has 0 saturated heterocycles. The van der Waals surface area contributed by atoms with E-state index in [4.69, 9.17) is 0 Å². The highest BCUT2D eigenvalue weighted by atomic mass is 19.4. The van der Waals surface area contributed by atoms with Crippen molar-refractivity contribution in [2.75, 3.05) is 7.05 Å². The molecule has 2 aromatic carbocycles. The summed E-state index contributed by atoms with van der Waals surface area (Å²) in [5, 5.41) is 3.03. The lowest BCUT2D eigenvalue weighted by molar-refractivity contribution is -0.138. The van der Waals surface area contributed by atoms with Crippen molar-refractivity contribution < 1.29 is 13.2 Å². The van der Waals surface area contributed by atoms with Crippen LogP contribution in [0.3, 0.4) is 0 Å². The maximum Gasteiger partial charge on any atom is 0.416 e. The van der Waals surface area contributed by atoms with E-state index in [0.717, 1.165) is 11.6 Å². The average Bonchev–Trinajstić information content (AvgIpc) is 2.48. The predicted octanol–water partition coefficient (Wildman–Crippen LogP) is 4.77. The van der Waals surface area contributed by atoms with Crippen molar-refractivity contribution in [3.05, 3.63) is 71.3 Å². The van der Waals surface area contributed by atoms with Crippen LogP contribution in [-0.2, 0) is 6.18 Å². The normalized spacial score (nSPS) is 14.7. The van der Waals surface area contributed by atoms with Crippen LogP contribution >= 0.6 is 0 Å². The summed E-state index contributed by atoms with van der Waals surface area (Å²) in [5.74, 6) is -0.0697. The van der Waals surface area contributed by atoms with Gasteiger partial charge in [-0.15, -0.1) is 0 Å². The monoisotopic (exact) mass is 293 g/mol. The Balaban J connectivity index is 2.43. The smallest absolute Gasteiger partial charge is 0.312 e. The number of alkyl halides is 3. The molecule has 0 amide bonds. The number of hydrogen-bond donors (Lipinski definition) is 1. The Morgan fingerprint density at radius 2 is 1.48 bits per heavy atom. The first-order valence-electron chi connectivity index (χ1n) is 6.83. The molecule has 0 bridgehead atoms. The van der Waals surface area contributed by atoms with E-state index in [0.29, 0.717) is 0 Å². The van der Waals surface area contributed by atoms with E-state index in [-0.39, 0.29) is 11.5 Å². The van der Waals surface area contributed by atoms with E-state index in [1.807, 2.05) is 37.3 Å². The van der Waals surface area contributed by atoms with Crippen LogP contribution in [0.1, 0.15) is 35.6 Å². The van der Waals surface area contributed by atoms with Gasteiger partial charge in [-0.25, -0.2) is 0 Å². The third kappa shape index (κ3) is 3.45. The second-order valence-electron chi connectivity index (χ2n) is 5.05. The Labute approximate surface area is 122 Å². The van der Waals surface area contributed by atoms with Gasteiger partial charge in [-0.05, 0) is 24.2 Å². The summed E-state index contributed by atoms with van der Waals surface area (Å²) in [4.78, 5) is 0. The molecule has 112 valence electrons. The fraction of sp³-hybridized carbons (Fsp3) is 0.294. The van der Waals surface area contributed by atoms with Gasteiger partial charge in [-0.3, -0.25) is 0 Å². The van der Waals surface area contributed by atoms with E-state index in [1.165, 1.54) is 6.07 Å². The van der Waals surface area contributed by atoms with E-state index >= 15 is 0 Å². The molecular formula is C17H18F3N. The topological polar surface area (TPSA) is 12.0 Å². The summed E-state index contributed by atoms with van der Waals surface area (Å²) >= 11 is 0. The Hall–Kier alpha value is -1.81. The molecule has 0 aliphatic heterocycles. The SMILES string of the molecule is CNC(c1ccccc1C(F)(F)F)C(C)c1ccccc1. The molecule has 2 atom stereocenters. The number of hydrogen-bond acceptors (Lipinski definition) is 1. The number of rotatable bonds is 4. The maximum absolute atomic E-state index is 13.2. The van der Waals surface area contributed by atoms with Gasteiger partial charge in [-0.2, -0.15) is 13.2 Å². The Morgan fingerprint density at radius 3 is 2.05 bits per heavy atom. The van der Waals surface area contributed by atoms with E-state index in [2.05, 4.69) is 5.32 Å². The average molecular weight is 293 g/mol. The summed E-state index contributed by atoms with van der Waals surface area (Å²) in [6.07, 6.45) is -4.35. The molecular weight excluding hydrogens is 275 g/mol. The molecule has 4 heteroatoms. The highest BCUT2D eigenvalue weighted by Crippen LogP contribution is 2.38. The molecule has 1 nitrogen and oxygen atoms in total. The van der Waals surface area contributed by atoms with Crippen molar-refractivity contribution in [2.24, 2.45) is 0 Å². The Kier molecular flexibility index (Phi) is 4.68. The van der Waals surface area contributed by atoms with Crippen molar-refractivity contribution in [3.63, 3.8) is 0 Å². The van der Waals surface area contributed by atoms with Crippen LogP contribution in [-0.4, -0.2) is 7.05 Å². The lowest BCUT2D eigenvalue weighted by Gasteiger charge is -2.27. The van der Waals surface area contributed by atoms with Crippen molar-refractivity contribution in [2.45, 2.75) is 25.1 Å². The van der Waals surface area contributed by atoms with Gasteiger partial charge in [0.15, 0.2) is 0 Å². The number of nitrogens with one attached hydrogen (secondary N) is 1. The van der Waals surface area contributed by atoms with Gasteiger partial charge in [0.2, 0.25) is 0 Å². The fourth-order valence-corrected chi connectivity index (χ4v) is 2.65. The highest BCUT2D eigenvalue weighted by Gasteiger charge is 2.35. The molecule has 0 spiro atoms. The third-order valence-corrected chi connectivity index (χ3v) is 3.74. The minimum atomic E-state index is -4.35. The van der Waals surface area contributed by atoms with Crippen LogP contribution in [0.2, 0.25) is 0 Å². The van der Waals surface area contributed by atoms with Crippen LogP contribution in [0.4, 0.5) is 13.2 Å². The van der Waals surface area contributed by atoms with Crippen molar-refractivity contribution in [1.29, 1.82) is 0 Å². The van der Waals surface area contributed by atoms with E-state index in [1.54, 1.807) is 19.2 Å². The zero-order valence-electron chi connectivity index (χ0n) is 12.0. The maximum atomic E-state index is 13.2. The fourth-order valence-electron chi connectivity index (χ4n) is 2.65. The van der Waals surface area contributed by atoms with Gasteiger partial charge in [0.05, 0.1) is 5.56 Å². The second-order valence-corrected chi connectivity index (χ2v) is 5.05. The van der Waals surface area contributed by atoms with Crippen molar-refractivity contribution >= 4 is 0 Å². The zero-order chi connectivity index (χ0) is 15.5. The van der Waals surface area contributed by atoms with Crippen molar-refractivity contribution in [3.8, 4) is 0 Å². The molecule has 0 fully saturated rings. The molecule has 2 rings (SSSR count). The molecule has 0 aliphatic rings. The number of halogens is 3. The van der Waals surface area contributed by atoms with Crippen molar-refractivity contribution in [1.82, 2.24) is 5.32 Å². The molecule has 21 heavy (non-hydrogen) atoms. The molecule has 0 radical (unpaired) electrons. The first-order chi connectivity index (χ1) is 9.95. The summed E-state index contributed by atoms with van der Waals surface area (Å²) in [7, 11) is 1.69. The van der Waals surface area contributed by atoms with Crippen LogP contribution in [0.5, 0.6) is 0 Å². The Morgan fingerprint density at radius 1 is 0.905 bits per heavy atom. The molecule has 0 heterocycles. The largest absolute Gasteiger partial charge is 0.416 e. The summed E-state index contributed by atoms with van der Waals surface area (Å²) in [5.41, 5.74) is 0.713. The van der Waals surface area contributed by atoms with E-state index in [9.17, 15) is 13.2 Å². The highest BCUT2D eigenvalue weighted by molar-refractivity contribution is 5.35. The van der Waals surface area contributed by atoms with Gasteiger partial charge >= 0.3 is 6.18 Å². The molecule has 2 unspecified atom stereocenters. The molecule has 2 aromatic rings. The second kappa shape index (κ2) is 6.31. The summed E-state index contributed by atoms with van der Waals surface area (Å²) in [6, 6.07) is 14.9. The molecule has 1 N–H and O–H groups in total. The predicted molar refractivity (Wildman–Crippen MR) is 78.1 cm³/mol. The lowest BCUT2D eigenvalue weighted by Crippen LogP contribution is -2.25. The van der Waals surface area contributed by atoms with E-state index < -0.39 is 17.8 Å². The van der Waals surface area contributed by atoms with Crippen LogP contribution in [0, 0.1) is 0 Å². The molecule has 0 aromatic heterocycles. The quantitative estimate of drug-likeness (QED) is 0.856. The molecule has 0 aliphatic carbocycles. The minimum Gasteiger partial charge on any atom is -0.312 e. The third-order valence-electron chi connectivity index (χ3n) is 3.74. The minimum absolute atomic E-state index is 0.0697. The number of likely N-dealkylation sites (N-methyl/N-ethyl adjacent to an activating group) is 1. The Bertz CT molecular complexity index is 578. The van der Waals surface area contributed by atoms with Gasteiger partial charge in [0, 0.05) is 12.0 Å². The van der Waals surface area contributed by atoms with Crippen LogP contribution in [0.25, 0.3) is 0 Å². The zero-order valence-corrected chi connectivity index (χ0v) is 12.0. The standard InChI is InChI=1S/C17H18F3N/c1-12(13-8-4-3-5-9-13)16(21-2)14-10-6-7-11-15(14)17(18,19)20/h3-12,16,21H,1-2H3. The first-order valence-corrected chi connectivity index (χ1v) is 6.83. The summed E-state index contributed by atoms with van der Waals surface area (Å²) < 4.78 is 39.5. The van der Waals surface area contributed by atoms with Crippen LogP contribution in [0.15, 0.2) is 54.6 Å².